The van der Waals surface area contributed by atoms with Crippen LogP contribution in [-0.2, 0) is 25.0 Å². The highest BCUT2D eigenvalue weighted by molar-refractivity contribution is 7.88. The molecule has 1 aliphatic rings. The summed E-state index contributed by atoms with van der Waals surface area (Å²) >= 11 is 0. The summed E-state index contributed by atoms with van der Waals surface area (Å²) in [6.45, 7) is -0.0152. The van der Waals surface area contributed by atoms with Gasteiger partial charge < -0.3 is 5.11 Å². The molecule has 1 heterocycles. The van der Waals surface area contributed by atoms with Crippen molar-refractivity contribution >= 4 is 26.2 Å². The zero-order chi connectivity index (χ0) is 18.0. The number of piperazine rings is 1. The first-order valence-corrected chi connectivity index (χ1v) is 10.4. The largest absolute Gasteiger partial charge is 0.480 e. The molecule has 11 heteroatoms. The number of carboxylic acid groups (broad SMARTS) is 1. The Labute approximate surface area is 141 Å². The number of nitrogens with one attached hydrogen (secondary N) is 1. The van der Waals surface area contributed by atoms with Gasteiger partial charge in [-0.25, -0.2) is 8.42 Å². The summed E-state index contributed by atoms with van der Waals surface area (Å²) in [5.41, 5.74) is 0.309. The summed E-state index contributed by atoms with van der Waals surface area (Å²) in [6.07, 6.45) is 1.06. The molecule has 0 aliphatic carbocycles. The number of nitrogens with zero attached hydrogens (tertiary/aromatic N) is 2. The van der Waals surface area contributed by atoms with Crippen LogP contribution in [0.5, 0.6) is 0 Å². The van der Waals surface area contributed by atoms with E-state index in [-0.39, 0.29) is 26.2 Å². The minimum absolute atomic E-state index is 0.0306. The average molecular weight is 377 g/mol. The van der Waals surface area contributed by atoms with E-state index in [1.165, 1.54) is 16.4 Å². The normalized spacial score (nSPS) is 19.0. The predicted octanol–water partition coefficient (Wildman–Crippen LogP) is -0.776. The Hall–Kier alpha value is -1.53. The van der Waals surface area contributed by atoms with Gasteiger partial charge in [-0.2, -0.15) is 21.8 Å². The fraction of sp³-hybridized carbons (Fsp3) is 0.462. The van der Waals surface area contributed by atoms with E-state index in [0.29, 0.717) is 5.56 Å². The lowest BCUT2D eigenvalue weighted by Crippen LogP contribution is -2.54. The van der Waals surface area contributed by atoms with Crippen molar-refractivity contribution in [3.05, 3.63) is 35.9 Å². The number of aliphatic carboxylic acids is 1. The minimum atomic E-state index is -4.06. The molecular formula is C13H19N3O6S2. The molecule has 0 spiro atoms. The maximum absolute atomic E-state index is 12.4. The summed E-state index contributed by atoms with van der Waals surface area (Å²) in [6, 6.07) is 6.55. The quantitative estimate of drug-likeness (QED) is 0.670. The molecule has 1 saturated heterocycles. The second-order valence-electron chi connectivity index (χ2n) is 5.37. The van der Waals surface area contributed by atoms with Crippen LogP contribution in [0.15, 0.2) is 30.3 Å². The molecule has 2 N–H and O–H groups in total. The number of carboxylic acids is 1. The van der Waals surface area contributed by atoms with Crippen molar-refractivity contribution in [2.45, 2.75) is 6.04 Å². The first-order chi connectivity index (χ1) is 11.1. The molecule has 0 radical (unpaired) electrons. The van der Waals surface area contributed by atoms with Crippen LogP contribution in [0.3, 0.4) is 0 Å². The van der Waals surface area contributed by atoms with E-state index in [0.717, 1.165) is 10.6 Å². The third-order valence-corrected chi connectivity index (χ3v) is 6.53. The summed E-state index contributed by atoms with van der Waals surface area (Å²) in [5.74, 6) is -1.32. The maximum atomic E-state index is 12.4. The summed E-state index contributed by atoms with van der Waals surface area (Å²) in [5, 5.41) is 9.30. The van der Waals surface area contributed by atoms with Gasteiger partial charge in [0, 0.05) is 26.2 Å². The second-order valence-corrected chi connectivity index (χ2v) is 9.05. The lowest BCUT2D eigenvalue weighted by atomic mass is 10.1. The SMILES string of the molecule is CS(=O)(=O)N1CCN(S(=O)(=O)N[C@@H](C(=O)O)c2ccccc2)CC1. The van der Waals surface area contributed by atoms with Crippen LogP contribution < -0.4 is 4.72 Å². The van der Waals surface area contributed by atoms with E-state index in [1.54, 1.807) is 18.2 Å². The molecule has 0 bridgehead atoms. The van der Waals surface area contributed by atoms with Crippen molar-refractivity contribution in [3.8, 4) is 0 Å². The second kappa shape index (κ2) is 7.15. The third kappa shape index (κ3) is 4.51. The first kappa shape index (κ1) is 18.8. The van der Waals surface area contributed by atoms with Crippen molar-refractivity contribution in [1.82, 2.24) is 13.3 Å². The van der Waals surface area contributed by atoms with Gasteiger partial charge in [0.2, 0.25) is 10.0 Å². The van der Waals surface area contributed by atoms with E-state index in [4.69, 9.17) is 0 Å². The Morgan fingerprint density at radius 1 is 1.04 bits per heavy atom. The fourth-order valence-corrected chi connectivity index (χ4v) is 4.53. The molecule has 1 aromatic carbocycles. The minimum Gasteiger partial charge on any atom is -0.480 e. The van der Waals surface area contributed by atoms with Gasteiger partial charge in [-0.1, -0.05) is 30.3 Å². The summed E-state index contributed by atoms with van der Waals surface area (Å²) in [7, 11) is -7.44. The maximum Gasteiger partial charge on any atom is 0.326 e. The van der Waals surface area contributed by atoms with Gasteiger partial charge in [-0.15, -0.1) is 0 Å². The average Bonchev–Trinajstić information content (AvgIpc) is 2.52. The Balaban J connectivity index is 2.12. The smallest absolute Gasteiger partial charge is 0.326 e. The third-order valence-electron chi connectivity index (χ3n) is 3.65. The Morgan fingerprint density at radius 3 is 2.00 bits per heavy atom. The van der Waals surface area contributed by atoms with Crippen molar-refractivity contribution in [2.24, 2.45) is 0 Å². The predicted molar refractivity (Wildman–Crippen MR) is 86.9 cm³/mol. The molecular weight excluding hydrogens is 358 g/mol. The van der Waals surface area contributed by atoms with Gasteiger partial charge >= 0.3 is 5.97 Å². The molecule has 24 heavy (non-hydrogen) atoms. The number of sulfonamides is 1. The zero-order valence-corrected chi connectivity index (χ0v) is 14.6. The van der Waals surface area contributed by atoms with E-state index in [1.807, 2.05) is 0 Å². The molecule has 2 rings (SSSR count). The van der Waals surface area contributed by atoms with E-state index in [9.17, 15) is 26.7 Å². The highest BCUT2D eigenvalue weighted by Crippen LogP contribution is 2.16. The van der Waals surface area contributed by atoms with Crippen molar-refractivity contribution < 1.29 is 26.7 Å². The Kier molecular flexibility index (Phi) is 5.60. The monoisotopic (exact) mass is 377 g/mol. The van der Waals surface area contributed by atoms with E-state index < -0.39 is 32.2 Å². The molecule has 0 aromatic heterocycles. The number of benzene rings is 1. The van der Waals surface area contributed by atoms with Crippen LogP contribution in [0.1, 0.15) is 11.6 Å². The topological polar surface area (TPSA) is 124 Å². The van der Waals surface area contributed by atoms with Crippen molar-refractivity contribution in [3.63, 3.8) is 0 Å². The van der Waals surface area contributed by atoms with Gasteiger partial charge in [0.1, 0.15) is 6.04 Å². The zero-order valence-electron chi connectivity index (χ0n) is 13.0. The molecule has 0 unspecified atom stereocenters. The highest BCUT2D eigenvalue weighted by atomic mass is 32.2. The van der Waals surface area contributed by atoms with Crippen LogP contribution >= 0.6 is 0 Å². The number of hydrogen-bond acceptors (Lipinski definition) is 5. The van der Waals surface area contributed by atoms with Crippen LogP contribution in [0.4, 0.5) is 0 Å². The van der Waals surface area contributed by atoms with Crippen molar-refractivity contribution in [2.75, 3.05) is 32.4 Å². The van der Waals surface area contributed by atoms with Gasteiger partial charge in [-0.05, 0) is 5.56 Å². The number of rotatable bonds is 6. The number of hydrogen-bond donors (Lipinski definition) is 2. The Morgan fingerprint density at radius 2 is 1.54 bits per heavy atom. The first-order valence-electron chi connectivity index (χ1n) is 7.11. The lowest BCUT2D eigenvalue weighted by Gasteiger charge is -2.33. The van der Waals surface area contributed by atoms with Crippen LogP contribution in [0, 0.1) is 0 Å². The molecule has 1 aromatic rings. The fourth-order valence-electron chi connectivity index (χ4n) is 2.37. The van der Waals surface area contributed by atoms with Crippen LogP contribution in [0.25, 0.3) is 0 Å². The molecule has 134 valence electrons. The van der Waals surface area contributed by atoms with Gasteiger partial charge in [0.25, 0.3) is 10.2 Å². The summed E-state index contributed by atoms with van der Waals surface area (Å²) in [4.78, 5) is 11.4. The molecule has 1 fully saturated rings. The molecule has 0 saturated carbocycles. The molecule has 1 atom stereocenters. The van der Waals surface area contributed by atoms with E-state index in [2.05, 4.69) is 4.72 Å². The number of carbonyl (C=O) groups is 1. The van der Waals surface area contributed by atoms with Crippen LogP contribution in [0.2, 0.25) is 0 Å². The molecule has 0 amide bonds. The van der Waals surface area contributed by atoms with Crippen LogP contribution in [-0.4, -0.2) is 69.0 Å². The molecule has 9 nitrogen and oxygen atoms in total. The van der Waals surface area contributed by atoms with Crippen molar-refractivity contribution in [1.29, 1.82) is 0 Å². The van der Waals surface area contributed by atoms with Gasteiger partial charge in [0.05, 0.1) is 6.26 Å². The van der Waals surface area contributed by atoms with E-state index >= 15 is 0 Å². The Bertz CT molecular complexity index is 786. The summed E-state index contributed by atoms with van der Waals surface area (Å²) < 4.78 is 52.1. The standard InChI is InChI=1S/C13H19N3O6S2/c1-23(19,20)15-7-9-16(10-8-15)24(21,22)14-12(13(17)18)11-5-3-2-4-6-11/h2-6,12,14H,7-10H2,1H3,(H,17,18)/t12-/m1/s1. The van der Waals surface area contributed by atoms with Gasteiger partial charge in [-0.3, -0.25) is 4.79 Å². The van der Waals surface area contributed by atoms with Gasteiger partial charge in [0.15, 0.2) is 0 Å². The molecule has 1 aliphatic heterocycles. The highest BCUT2D eigenvalue weighted by Gasteiger charge is 2.33. The lowest BCUT2D eigenvalue weighted by molar-refractivity contribution is -0.139.